The van der Waals surface area contributed by atoms with E-state index in [1.54, 1.807) is 31.2 Å². The fraction of sp³-hybridized carbons (Fsp3) is 0.278. The molecule has 0 aliphatic carbocycles. The van der Waals surface area contributed by atoms with Crippen molar-refractivity contribution in [1.82, 2.24) is 5.32 Å². The molecule has 0 aliphatic heterocycles. The van der Waals surface area contributed by atoms with E-state index in [1.165, 1.54) is 18.2 Å². The third-order valence-electron chi connectivity index (χ3n) is 3.61. The van der Waals surface area contributed by atoms with Gasteiger partial charge >= 0.3 is 0 Å². The molecule has 0 fully saturated rings. The molecule has 25 heavy (non-hydrogen) atoms. The molecule has 0 bridgehead atoms. The van der Waals surface area contributed by atoms with Gasteiger partial charge in [0.05, 0.1) is 11.5 Å². The van der Waals surface area contributed by atoms with Gasteiger partial charge in [-0.05, 0) is 50.1 Å². The summed E-state index contributed by atoms with van der Waals surface area (Å²) in [5.74, 6) is -0.0636. The van der Waals surface area contributed by atoms with Crippen molar-refractivity contribution in [1.29, 1.82) is 0 Å². The van der Waals surface area contributed by atoms with E-state index in [1.807, 2.05) is 0 Å². The van der Waals surface area contributed by atoms with Crippen molar-refractivity contribution in [2.75, 3.05) is 13.2 Å². The number of amides is 1. The van der Waals surface area contributed by atoms with Gasteiger partial charge in [-0.2, -0.15) is 0 Å². The SMILES string of the molecule is Cc1ccc(C(=O)NCCCCOc2ccc(F)cc2)cc1[N+](=O)[O-]. The second-order valence-corrected chi connectivity index (χ2v) is 5.52. The lowest BCUT2D eigenvalue weighted by atomic mass is 10.1. The van der Waals surface area contributed by atoms with Crippen LogP contribution >= 0.6 is 0 Å². The summed E-state index contributed by atoms with van der Waals surface area (Å²) < 4.78 is 18.2. The third-order valence-corrected chi connectivity index (χ3v) is 3.61. The molecule has 0 saturated heterocycles. The van der Waals surface area contributed by atoms with Crippen LogP contribution in [-0.2, 0) is 0 Å². The molecule has 1 N–H and O–H groups in total. The number of nitrogens with zero attached hydrogens (tertiary/aromatic N) is 1. The summed E-state index contributed by atoms with van der Waals surface area (Å²) in [6.45, 7) is 2.52. The Morgan fingerprint density at radius 2 is 1.92 bits per heavy atom. The van der Waals surface area contributed by atoms with E-state index < -0.39 is 4.92 Å². The van der Waals surface area contributed by atoms with Crippen molar-refractivity contribution < 1.29 is 18.8 Å². The number of unbranched alkanes of at least 4 members (excludes halogenated alkanes) is 1. The largest absolute Gasteiger partial charge is 0.494 e. The van der Waals surface area contributed by atoms with Crippen LogP contribution in [0.4, 0.5) is 10.1 Å². The Hall–Kier alpha value is -2.96. The number of ether oxygens (including phenoxy) is 1. The maximum Gasteiger partial charge on any atom is 0.273 e. The predicted octanol–water partition coefficient (Wildman–Crippen LogP) is 3.63. The molecule has 0 heterocycles. The Labute approximate surface area is 144 Å². The summed E-state index contributed by atoms with van der Waals surface area (Å²) in [6, 6.07) is 10.2. The van der Waals surface area contributed by atoms with E-state index in [0.717, 1.165) is 0 Å². The molecule has 0 radical (unpaired) electrons. The molecule has 2 aromatic rings. The van der Waals surface area contributed by atoms with E-state index >= 15 is 0 Å². The Kier molecular flexibility index (Phi) is 6.45. The maximum absolute atomic E-state index is 12.7. The van der Waals surface area contributed by atoms with Gasteiger partial charge in [-0.25, -0.2) is 4.39 Å². The van der Waals surface area contributed by atoms with Crippen LogP contribution in [0.2, 0.25) is 0 Å². The number of carbonyl (C=O) groups is 1. The number of hydrogen-bond donors (Lipinski definition) is 1. The van der Waals surface area contributed by atoms with E-state index in [0.29, 0.717) is 37.3 Å². The highest BCUT2D eigenvalue weighted by Gasteiger charge is 2.14. The normalized spacial score (nSPS) is 10.3. The van der Waals surface area contributed by atoms with Crippen LogP contribution in [-0.4, -0.2) is 24.0 Å². The second kappa shape index (κ2) is 8.77. The summed E-state index contributed by atoms with van der Waals surface area (Å²) >= 11 is 0. The van der Waals surface area contributed by atoms with E-state index in [-0.39, 0.29) is 23.0 Å². The van der Waals surface area contributed by atoms with Gasteiger partial charge in [0.15, 0.2) is 0 Å². The quantitative estimate of drug-likeness (QED) is 0.449. The number of aryl methyl sites for hydroxylation is 1. The number of nitro benzene ring substituents is 1. The first kappa shape index (κ1) is 18.4. The average molecular weight is 346 g/mol. The lowest BCUT2D eigenvalue weighted by Gasteiger charge is -2.07. The highest BCUT2D eigenvalue weighted by molar-refractivity contribution is 5.94. The number of hydrogen-bond acceptors (Lipinski definition) is 4. The Bertz CT molecular complexity index is 747. The summed E-state index contributed by atoms with van der Waals surface area (Å²) in [7, 11) is 0. The number of nitro groups is 1. The van der Waals surface area contributed by atoms with Gasteiger partial charge in [0.25, 0.3) is 11.6 Å². The fourth-order valence-electron chi connectivity index (χ4n) is 2.20. The first-order valence-corrected chi connectivity index (χ1v) is 7.89. The van der Waals surface area contributed by atoms with Crippen LogP contribution in [0.1, 0.15) is 28.8 Å². The Balaban J connectivity index is 1.71. The Morgan fingerprint density at radius 1 is 1.20 bits per heavy atom. The van der Waals surface area contributed by atoms with Crippen LogP contribution < -0.4 is 10.1 Å². The summed E-state index contributed by atoms with van der Waals surface area (Å²) in [4.78, 5) is 22.4. The van der Waals surface area contributed by atoms with Crippen LogP contribution in [0, 0.1) is 22.9 Å². The average Bonchev–Trinajstić information content (AvgIpc) is 2.59. The minimum atomic E-state index is -0.501. The van der Waals surface area contributed by atoms with E-state index in [4.69, 9.17) is 4.74 Å². The van der Waals surface area contributed by atoms with Gasteiger partial charge in [-0.3, -0.25) is 14.9 Å². The molecular weight excluding hydrogens is 327 g/mol. The zero-order chi connectivity index (χ0) is 18.2. The summed E-state index contributed by atoms with van der Waals surface area (Å²) in [5.41, 5.74) is 0.708. The number of rotatable bonds is 8. The fourth-order valence-corrected chi connectivity index (χ4v) is 2.20. The van der Waals surface area contributed by atoms with Crippen LogP contribution in [0.15, 0.2) is 42.5 Å². The first-order valence-electron chi connectivity index (χ1n) is 7.89. The molecule has 0 atom stereocenters. The standard InChI is InChI=1S/C18H19FN2O4/c1-13-4-5-14(12-17(13)21(23)24)18(22)20-10-2-3-11-25-16-8-6-15(19)7-9-16/h4-9,12H,2-3,10-11H2,1H3,(H,20,22). The molecule has 2 rings (SSSR count). The van der Waals surface area contributed by atoms with Gasteiger partial charge in [0.2, 0.25) is 0 Å². The van der Waals surface area contributed by atoms with Crippen LogP contribution in [0.5, 0.6) is 5.75 Å². The monoisotopic (exact) mass is 346 g/mol. The highest BCUT2D eigenvalue weighted by atomic mass is 19.1. The van der Waals surface area contributed by atoms with E-state index in [9.17, 15) is 19.3 Å². The zero-order valence-electron chi connectivity index (χ0n) is 13.8. The minimum absolute atomic E-state index is 0.0691. The van der Waals surface area contributed by atoms with Crippen molar-refractivity contribution in [2.24, 2.45) is 0 Å². The molecule has 1 amide bonds. The molecule has 0 unspecified atom stereocenters. The van der Waals surface area contributed by atoms with Crippen LogP contribution in [0.3, 0.4) is 0 Å². The molecule has 0 aromatic heterocycles. The van der Waals surface area contributed by atoms with Gasteiger partial charge in [-0.1, -0.05) is 6.07 Å². The van der Waals surface area contributed by atoms with Gasteiger partial charge in [0, 0.05) is 23.7 Å². The van der Waals surface area contributed by atoms with E-state index in [2.05, 4.69) is 5.32 Å². The second-order valence-electron chi connectivity index (χ2n) is 5.52. The number of nitrogens with one attached hydrogen (secondary N) is 1. The first-order chi connectivity index (χ1) is 12.0. The topological polar surface area (TPSA) is 81.5 Å². The predicted molar refractivity (Wildman–Crippen MR) is 91.3 cm³/mol. The van der Waals surface area contributed by atoms with Crippen molar-refractivity contribution in [3.63, 3.8) is 0 Å². The molecule has 0 aliphatic rings. The summed E-state index contributed by atoms with van der Waals surface area (Å²) in [6.07, 6.45) is 1.41. The third kappa shape index (κ3) is 5.56. The van der Waals surface area contributed by atoms with Crippen molar-refractivity contribution in [2.45, 2.75) is 19.8 Å². The van der Waals surface area contributed by atoms with Crippen LogP contribution in [0.25, 0.3) is 0 Å². The number of carbonyl (C=O) groups excluding carboxylic acids is 1. The molecule has 7 heteroatoms. The zero-order valence-corrected chi connectivity index (χ0v) is 13.8. The highest BCUT2D eigenvalue weighted by Crippen LogP contribution is 2.19. The van der Waals surface area contributed by atoms with Crippen molar-refractivity contribution in [3.05, 3.63) is 69.5 Å². The molecule has 0 saturated carbocycles. The van der Waals surface area contributed by atoms with Crippen molar-refractivity contribution in [3.8, 4) is 5.75 Å². The molecular formula is C18H19FN2O4. The lowest BCUT2D eigenvalue weighted by Crippen LogP contribution is -2.24. The molecule has 132 valence electrons. The number of benzene rings is 2. The van der Waals surface area contributed by atoms with Gasteiger partial charge < -0.3 is 10.1 Å². The number of halogens is 1. The lowest BCUT2D eigenvalue weighted by molar-refractivity contribution is -0.385. The Morgan fingerprint density at radius 3 is 2.60 bits per heavy atom. The van der Waals surface area contributed by atoms with Gasteiger partial charge in [-0.15, -0.1) is 0 Å². The maximum atomic E-state index is 12.7. The van der Waals surface area contributed by atoms with Gasteiger partial charge in [0.1, 0.15) is 11.6 Å². The van der Waals surface area contributed by atoms with Crippen molar-refractivity contribution >= 4 is 11.6 Å². The smallest absolute Gasteiger partial charge is 0.273 e. The summed E-state index contributed by atoms with van der Waals surface area (Å²) in [5, 5.41) is 13.6. The molecule has 0 spiro atoms. The minimum Gasteiger partial charge on any atom is -0.494 e. The molecule has 6 nitrogen and oxygen atoms in total. The molecule has 2 aromatic carbocycles.